The number of hydrogen-bond acceptors (Lipinski definition) is 4. The molecule has 0 spiro atoms. The summed E-state index contributed by atoms with van der Waals surface area (Å²) >= 11 is 0. The number of ether oxygens (including phenoxy) is 1. The minimum absolute atomic E-state index is 0.632. The first-order valence-electron chi connectivity index (χ1n) is 9.38. The Balaban J connectivity index is 1.87. The standard InChI is InChI=1S/C21H30N4O/c1-6-9-16(3)14-18(7-2)10-8-13-26-20-12-11-19(15-17(20)4)21-22-24-25(5)23-21/h11-12,14-15H,3,6-10,13H2,1-2,4-5H3/b18-14+. The van der Waals surface area contributed by atoms with Crippen molar-refractivity contribution in [3.8, 4) is 17.1 Å². The summed E-state index contributed by atoms with van der Waals surface area (Å²) in [4.78, 5) is 1.46. The molecule has 0 saturated heterocycles. The van der Waals surface area contributed by atoms with Crippen LogP contribution in [0.1, 0.15) is 51.5 Å². The second-order valence-electron chi connectivity index (χ2n) is 6.60. The van der Waals surface area contributed by atoms with E-state index in [9.17, 15) is 0 Å². The van der Waals surface area contributed by atoms with Crippen LogP contribution in [-0.2, 0) is 7.05 Å². The lowest BCUT2D eigenvalue weighted by Gasteiger charge is -2.11. The van der Waals surface area contributed by atoms with Gasteiger partial charge >= 0.3 is 0 Å². The fourth-order valence-corrected chi connectivity index (χ4v) is 2.86. The maximum Gasteiger partial charge on any atom is 0.204 e. The van der Waals surface area contributed by atoms with Gasteiger partial charge in [-0.2, -0.15) is 4.80 Å². The average molecular weight is 354 g/mol. The van der Waals surface area contributed by atoms with Crippen LogP contribution in [-0.4, -0.2) is 26.8 Å². The minimum Gasteiger partial charge on any atom is -0.493 e. The highest BCUT2D eigenvalue weighted by atomic mass is 16.5. The summed E-state index contributed by atoms with van der Waals surface area (Å²) in [6.07, 6.45) is 7.62. The van der Waals surface area contributed by atoms with Crippen molar-refractivity contribution in [2.75, 3.05) is 6.61 Å². The molecule has 1 aromatic heterocycles. The van der Waals surface area contributed by atoms with Crippen molar-refractivity contribution in [1.29, 1.82) is 0 Å². The van der Waals surface area contributed by atoms with Crippen LogP contribution in [0, 0.1) is 6.92 Å². The smallest absolute Gasteiger partial charge is 0.204 e. The van der Waals surface area contributed by atoms with Crippen LogP contribution >= 0.6 is 0 Å². The average Bonchev–Trinajstić information content (AvgIpc) is 3.05. The zero-order chi connectivity index (χ0) is 18.9. The van der Waals surface area contributed by atoms with Gasteiger partial charge in [-0.15, -0.1) is 10.2 Å². The van der Waals surface area contributed by atoms with Crippen molar-refractivity contribution in [1.82, 2.24) is 20.2 Å². The van der Waals surface area contributed by atoms with Crippen molar-refractivity contribution >= 4 is 0 Å². The molecule has 2 rings (SSSR count). The summed E-state index contributed by atoms with van der Waals surface area (Å²) in [6.45, 7) is 11.3. The third kappa shape index (κ3) is 5.83. The van der Waals surface area contributed by atoms with Crippen LogP contribution in [0.5, 0.6) is 5.75 Å². The lowest BCUT2D eigenvalue weighted by atomic mass is 10.0. The highest BCUT2D eigenvalue weighted by Crippen LogP contribution is 2.24. The number of benzene rings is 1. The van der Waals surface area contributed by atoms with E-state index in [4.69, 9.17) is 4.74 Å². The Bertz CT molecular complexity index is 761. The summed E-state index contributed by atoms with van der Waals surface area (Å²) in [7, 11) is 1.76. The second-order valence-corrected chi connectivity index (χ2v) is 6.60. The highest BCUT2D eigenvalue weighted by Gasteiger charge is 2.07. The van der Waals surface area contributed by atoms with Gasteiger partial charge in [0.15, 0.2) is 0 Å². The number of rotatable bonds is 10. The van der Waals surface area contributed by atoms with Gasteiger partial charge in [-0.1, -0.05) is 44.1 Å². The maximum atomic E-state index is 5.97. The fourth-order valence-electron chi connectivity index (χ4n) is 2.86. The molecule has 1 aromatic carbocycles. The van der Waals surface area contributed by atoms with E-state index in [1.165, 1.54) is 15.9 Å². The summed E-state index contributed by atoms with van der Waals surface area (Å²) in [6, 6.07) is 6.00. The molecule has 0 N–H and O–H groups in total. The molecule has 0 radical (unpaired) electrons. The lowest BCUT2D eigenvalue weighted by Crippen LogP contribution is -2.00. The summed E-state index contributed by atoms with van der Waals surface area (Å²) in [5.41, 5.74) is 4.72. The predicted molar refractivity (Wildman–Crippen MR) is 106 cm³/mol. The van der Waals surface area contributed by atoms with Crippen molar-refractivity contribution in [3.63, 3.8) is 0 Å². The van der Waals surface area contributed by atoms with Gasteiger partial charge in [0, 0.05) is 5.56 Å². The monoisotopic (exact) mass is 354 g/mol. The Morgan fingerprint density at radius 2 is 2.08 bits per heavy atom. The molecule has 0 amide bonds. The third-order valence-electron chi connectivity index (χ3n) is 4.27. The van der Waals surface area contributed by atoms with Gasteiger partial charge in [0.2, 0.25) is 5.82 Å². The van der Waals surface area contributed by atoms with Gasteiger partial charge in [-0.25, -0.2) is 0 Å². The number of hydrogen-bond donors (Lipinski definition) is 0. The van der Waals surface area contributed by atoms with E-state index < -0.39 is 0 Å². The number of tetrazole rings is 1. The van der Waals surface area contributed by atoms with E-state index in [2.05, 4.69) is 41.9 Å². The van der Waals surface area contributed by atoms with Gasteiger partial charge < -0.3 is 4.74 Å². The maximum absolute atomic E-state index is 5.97. The molecule has 0 atom stereocenters. The summed E-state index contributed by atoms with van der Waals surface area (Å²) in [5.74, 6) is 1.54. The number of aryl methyl sites for hydroxylation is 2. The van der Waals surface area contributed by atoms with Crippen LogP contribution < -0.4 is 4.74 Å². The molecule has 0 aliphatic rings. The molecule has 0 aliphatic carbocycles. The fraction of sp³-hybridized carbons (Fsp3) is 0.476. The summed E-state index contributed by atoms with van der Waals surface area (Å²) in [5, 5.41) is 12.2. The van der Waals surface area contributed by atoms with Crippen molar-refractivity contribution in [2.24, 2.45) is 7.05 Å². The first-order chi connectivity index (χ1) is 12.5. The normalized spacial score (nSPS) is 11.6. The van der Waals surface area contributed by atoms with Gasteiger partial charge in [-0.05, 0) is 61.6 Å². The van der Waals surface area contributed by atoms with Gasteiger partial charge in [0.25, 0.3) is 0 Å². The van der Waals surface area contributed by atoms with Crippen LogP contribution in [0.25, 0.3) is 11.4 Å². The van der Waals surface area contributed by atoms with Gasteiger partial charge in [-0.3, -0.25) is 0 Å². The first kappa shape index (κ1) is 19.9. The SMILES string of the molecule is C=C(/C=C(\CC)CCCOc1ccc(-c2nnn(C)n2)cc1C)CCC. The molecule has 5 nitrogen and oxygen atoms in total. The second kappa shape index (κ2) is 9.90. The van der Waals surface area contributed by atoms with Crippen molar-refractivity contribution in [3.05, 3.63) is 47.6 Å². The zero-order valence-corrected chi connectivity index (χ0v) is 16.5. The zero-order valence-electron chi connectivity index (χ0n) is 16.5. The van der Waals surface area contributed by atoms with Gasteiger partial charge in [0.1, 0.15) is 5.75 Å². The molecule has 0 saturated carbocycles. The quantitative estimate of drug-likeness (QED) is 0.443. The number of allylic oxidation sites excluding steroid dienone is 3. The van der Waals surface area contributed by atoms with Crippen molar-refractivity contribution in [2.45, 2.75) is 52.9 Å². The van der Waals surface area contributed by atoms with E-state index >= 15 is 0 Å². The summed E-state index contributed by atoms with van der Waals surface area (Å²) < 4.78 is 5.97. The molecule has 5 heteroatoms. The molecule has 1 heterocycles. The molecular formula is C21H30N4O. The largest absolute Gasteiger partial charge is 0.493 e. The molecule has 0 fully saturated rings. The molecule has 26 heavy (non-hydrogen) atoms. The third-order valence-corrected chi connectivity index (χ3v) is 4.27. The van der Waals surface area contributed by atoms with E-state index in [1.807, 2.05) is 25.1 Å². The highest BCUT2D eigenvalue weighted by molar-refractivity contribution is 5.57. The Hall–Kier alpha value is -2.43. The van der Waals surface area contributed by atoms with Crippen LogP contribution in [0.3, 0.4) is 0 Å². The number of aromatic nitrogens is 4. The molecule has 2 aromatic rings. The first-order valence-corrected chi connectivity index (χ1v) is 9.38. The van der Waals surface area contributed by atoms with Crippen LogP contribution in [0.4, 0.5) is 0 Å². The molecule has 140 valence electrons. The van der Waals surface area contributed by atoms with Crippen LogP contribution in [0.2, 0.25) is 0 Å². The van der Waals surface area contributed by atoms with E-state index in [0.29, 0.717) is 12.4 Å². The van der Waals surface area contributed by atoms with E-state index in [-0.39, 0.29) is 0 Å². The van der Waals surface area contributed by atoms with Crippen LogP contribution in [0.15, 0.2) is 42.0 Å². The Morgan fingerprint density at radius 1 is 1.27 bits per heavy atom. The molecule has 0 unspecified atom stereocenters. The van der Waals surface area contributed by atoms with E-state index in [1.54, 1.807) is 7.05 Å². The minimum atomic E-state index is 0.632. The Kier molecular flexibility index (Phi) is 7.57. The number of nitrogens with zero attached hydrogens (tertiary/aromatic N) is 4. The predicted octanol–water partition coefficient (Wildman–Crippen LogP) is 5.04. The van der Waals surface area contributed by atoms with Crippen molar-refractivity contribution < 1.29 is 4.74 Å². The molecular weight excluding hydrogens is 324 g/mol. The lowest BCUT2D eigenvalue weighted by molar-refractivity contribution is 0.308. The van der Waals surface area contributed by atoms with Gasteiger partial charge in [0.05, 0.1) is 13.7 Å². The van der Waals surface area contributed by atoms with E-state index in [0.717, 1.165) is 49.0 Å². The Labute approximate surface area is 156 Å². The molecule has 0 aliphatic heterocycles. The topological polar surface area (TPSA) is 52.8 Å². The molecule has 0 bridgehead atoms. The Morgan fingerprint density at radius 3 is 2.69 bits per heavy atom.